The highest BCUT2D eigenvalue weighted by Crippen LogP contribution is 2.09. The van der Waals surface area contributed by atoms with Crippen LogP contribution in [0.5, 0.6) is 0 Å². The van der Waals surface area contributed by atoms with E-state index in [9.17, 15) is 22.8 Å². The molecule has 7 heteroatoms. The Labute approximate surface area is 117 Å². The maximum absolute atomic E-state index is 13.3. The molecular weight excluding hydrogens is 285 g/mol. The molecule has 2 aromatic rings. The maximum atomic E-state index is 13.3. The van der Waals surface area contributed by atoms with Gasteiger partial charge in [0, 0.05) is 6.07 Å². The van der Waals surface area contributed by atoms with Gasteiger partial charge in [0.05, 0.1) is 11.1 Å². The van der Waals surface area contributed by atoms with Crippen molar-refractivity contribution in [1.29, 1.82) is 0 Å². The Morgan fingerprint density at radius 1 is 0.762 bits per heavy atom. The monoisotopic (exact) mass is 294 g/mol. The molecule has 108 valence electrons. The lowest BCUT2D eigenvalue weighted by molar-refractivity contribution is 0.0842. The van der Waals surface area contributed by atoms with Crippen LogP contribution in [0.4, 0.5) is 13.2 Å². The van der Waals surface area contributed by atoms with Crippen LogP contribution >= 0.6 is 0 Å². The second-order valence-electron chi connectivity index (χ2n) is 4.01. The van der Waals surface area contributed by atoms with E-state index in [0.29, 0.717) is 6.07 Å². The first kappa shape index (κ1) is 14.6. The fourth-order valence-corrected chi connectivity index (χ4v) is 1.57. The summed E-state index contributed by atoms with van der Waals surface area (Å²) in [5, 5.41) is 0. The number of hydrogen-bond acceptors (Lipinski definition) is 2. The lowest BCUT2D eigenvalue weighted by atomic mass is 10.2. The molecule has 0 bridgehead atoms. The fraction of sp³-hybridized carbons (Fsp3) is 0. The Hall–Kier alpha value is -2.83. The van der Waals surface area contributed by atoms with Crippen molar-refractivity contribution in [3.8, 4) is 0 Å². The fourth-order valence-electron chi connectivity index (χ4n) is 1.57. The molecule has 2 N–H and O–H groups in total. The van der Waals surface area contributed by atoms with Crippen molar-refractivity contribution < 1.29 is 22.8 Å². The minimum absolute atomic E-state index is 0.280. The Morgan fingerprint density at radius 3 is 1.90 bits per heavy atom. The summed E-state index contributed by atoms with van der Waals surface area (Å²) < 4.78 is 39.4. The molecule has 0 saturated heterocycles. The van der Waals surface area contributed by atoms with E-state index in [1.807, 2.05) is 10.9 Å². The first-order valence-electron chi connectivity index (χ1n) is 5.79. The van der Waals surface area contributed by atoms with Crippen LogP contribution in [0.25, 0.3) is 0 Å². The van der Waals surface area contributed by atoms with Gasteiger partial charge in [-0.05, 0) is 24.3 Å². The van der Waals surface area contributed by atoms with Crippen LogP contribution in [0.3, 0.4) is 0 Å². The van der Waals surface area contributed by atoms with Gasteiger partial charge in [-0.25, -0.2) is 13.2 Å². The van der Waals surface area contributed by atoms with Crippen molar-refractivity contribution in [2.75, 3.05) is 0 Å². The van der Waals surface area contributed by atoms with Gasteiger partial charge in [0.25, 0.3) is 11.8 Å². The van der Waals surface area contributed by atoms with E-state index in [2.05, 4.69) is 0 Å². The van der Waals surface area contributed by atoms with Crippen LogP contribution in [0.1, 0.15) is 20.7 Å². The van der Waals surface area contributed by atoms with E-state index >= 15 is 0 Å². The average molecular weight is 294 g/mol. The number of amides is 2. The van der Waals surface area contributed by atoms with Crippen LogP contribution in [0.15, 0.2) is 42.5 Å². The molecule has 0 saturated carbocycles. The molecule has 2 aromatic carbocycles. The third-order valence-electron chi connectivity index (χ3n) is 2.58. The Kier molecular flexibility index (Phi) is 4.22. The number of rotatable bonds is 2. The SMILES string of the molecule is O=C(NNC(=O)c1ccc(F)cc1F)c1ccccc1F. The molecule has 0 heterocycles. The van der Waals surface area contributed by atoms with Gasteiger partial charge in [-0.3, -0.25) is 20.4 Å². The van der Waals surface area contributed by atoms with Gasteiger partial charge < -0.3 is 0 Å². The molecule has 21 heavy (non-hydrogen) atoms. The van der Waals surface area contributed by atoms with Gasteiger partial charge >= 0.3 is 0 Å². The molecule has 2 amide bonds. The zero-order valence-corrected chi connectivity index (χ0v) is 10.5. The van der Waals surface area contributed by atoms with Crippen LogP contribution in [-0.2, 0) is 0 Å². The second kappa shape index (κ2) is 6.08. The van der Waals surface area contributed by atoms with Crippen molar-refractivity contribution in [2.45, 2.75) is 0 Å². The van der Waals surface area contributed by atoms with Crippen molar-refractivity contribution in [3.05, 3.63) is 71.0 Å². The predicted molar refractivity (Wildman–Crippen MR) is 67.7 cm³/mol. The van der Waals surface area contributed by atoms with Crippen LogP contribution < -0.4 is 10.9 Å². The number of nitrogens with one attached hydrogen (secondary N) is 2. The highest BCUT2D eigenvalue weighted by atomic mass is 19.1. The molecule has 2 rings (SSSR count). The van der Waals surface area contributed by atoms with Gasteiger partial charge in [-0.2, -0.15) is 0 Å². The number of carbonyl (C=O) groups excluding carboxylic acids is 2. The Balaban J connectivity index is 2.04. The van der Waals surface area contributed by atoms with E-state index in [0.717, 1.165) is 18.2 Å². The summed E-state index contributed by atoms with van der Waals surface area (Å²) in [6.07, 6.45) is 0. The number of hydrogen-bond donors (Lipinski definition) is 2. The third-order valence-corrected chi connectivity index (χ3v) is 2.58. The number of benzene rings is 2. The zero-order chi connectivity index (χ0) is 15.4. The zero-order valence-electron chi connectivity index (χ0n) is 10.5. The average Bonchev–Trinajstić information content (AvgIpc) is 2.45. The Morgan fingerprint density at radius 2 is 1.33 bits per heavy atom. The van der Waals surface area contributed by atoms with Crippen LogP contribution in [0, 0.1) is 17.5 Å². The van der Waals surface area contributed by atoms with Crippen LogP contribution in [-0.4, -0.2) is 11.8 Å². The lowest BCUT2D eigenvalue weighted by Gasteiger charge is -2.08. The molecule has 0 aliphatic rings. The highest BCUT2D eigenvalue weighted by Gasteiger charge is 2.15. The molecular formula is C14H9F3N2O2. The first-order chi connectivity index (χ1) is 9.99. The van der Waals surface area contributed by atoms with Gasteiger partial charge in [0.2, 0.25) is 0 Å². The summed E-state index contributed by atoms with van der Waals surface area (Å²) in [6.45, 7) is 0. The molecule has 0 aliphatic carbocycles. The minimum atomic E-state index is -1.08. The standard InChI is InChI=1S/C14H9F3N2O2/c15-8-5-6-10(12(17)7-8)14(21)19-18-13(20)9-3-1-2-4-11(9)16/h1-7H,(H,18,20)(H,19,21). The van der Waals surface area contributed by atoms with Crippen molar-refractivity contribution in [1.82, 2.24) is 10.9 Å². The van der Waals surface area contributed by atoms with Gasteiger partial charge in [0.15, 0.2) is 0 Å². The quantitative estimate of drug-likeness (QED) is 0.834. The van der Waals surface area contributed by atoms with E-state index in [1.165, 1.54) is 18.2 Å². The summed E-state index contributed by atoms with van der Waals surface area (Å²) in [5.41, 5.74) is 3.12. The van der Waals surface area contributed by atoms with E-state index in [-0.39, 0.29) is 5.56 Å². The smallest absolute Gasteiger partial charge is 0.267 e. The highest BCUT2D eigenvalue weighted by molar-refractivity contribution is 5.99. The first-order valence-corrected chi connectivity index (χ1v) is 5.79. The van der Waals surface area contributed by atoms with Gasteiger partial charge in [0.1, 0.15) is 17.5 Å². The maximum Gasteiger partial charge on any atom is 0.272 e. The summed E-state index contributed by atoms with van der Waals surface area (Å²) in [4.78, 5) is 23.2. The van der Waals surface area contributed by atoms with E-state index < -0.39 is 34.8 Å². The van der Waals surface area contributed by atoms with Crippen molar-refractivity contribution in [2.24, 2.45) is 0 Å². The minimum Gasteiger partial charge on any atom is -0.267 e. The molecule has 0 aromatic heterocycles. The van der Waals surface area contributed by atoms with Gasteiger partial charge in [-0.1, -0.05) is 12.1 Å². The lowest BCUT2D eigenvalue weighted by Crippen LogP contribution is -2.42. The second-order valence-corrected chi connectivity index (χ2v) is 4.01. The van der Waals surface area contributed by atoms with E-state index in [1.54, 1.807) is 0 Å². The van der Waals surface area contributed by atoms with Gasteiger partial charge in [-0.15, -0.1) is 0 Å². The summed E-state index contributed by atoms with van der Waals surface area (Å²) >= 11 is 0. The van der Waals surface area contributed by atoms with Crippen molar-refractivity contribution in [3.63, 3.8) is 0 Å². The topological polar surface area (TPSA) is 58.2 Å². The number of halogens is 3. The molecule has 0 unspecified atom stereocenters. The molecule has 0 spiro atoms. The van der Waals surface area contributed by atoms with E-state index in [4.69, 9.17) is 0 Å². The summed E-state index contributed by atoms with van der Waals surface area (Å²) in [5.74, 6) is -4.56. The summed E-state index contributed by atoms with van der Waals surface area (Å²) in [7, 11) is 0. The molecule has 0 fully saturated rings. The molecule has 0 radical (unpaired) electrons. The van der Waals surface area contributed by atoms with Crippen molar-refractivity contribution >= 4 is 11.8 Å². The number of carbonyl (C=O) groups is 2. The normalized spacial score (nSPS) is 10.0. The molecule has 0 atom stereocenters. The number of hydrazine groups is 1. The van der Waals surface area contributed by atoms with Crippen LogP contribution in [0.2, 0.25) is 0 Å². The largest absolute Gasteiger partial charge is 0.272 e. The molecule has 4 nitrogen and oxygen atoms in total. The molecule has 0 aliphatic heterocycles. The summed E-state index contributed by atoms with van der Waals surface area (Å²) in [6, 6.07) is 7.50. The Bertz CT molecular complexity index is 704. The third kappa shape index (κ3) is 3.38. The predicted octanol–water partition coefficient (Wildman–Crippen LogP) is 2.18.